The van der Waals surface area contributed by atoms with Crippen LogP contribution in [0.15, 0.2) is 24.4 Å². The van der Waals surface area contributed by atoms with Crippen LogP contribution in [-0.2, 0) is 6.42 Å². The Morgan fingerprint density at radius 3 is 2.73 bits per heavy atom. The molecule has 60 valence electrons. The average Bonchev–Trinajstić information content (AvgIpc) is 1.93. The Kier molecular flexibility index (Phi) is 2.47. The lowest BCUT2D eigenvalue weighted by atomic mass is 10.1. The number of hydrogen-bond donors (Lipinski definition) is 1. The minimum atomic E-state index is 0.579. The van der Waals surface area contributed by atoms with Crippen LogP contribution in [0.3, 0.4) is 0 Å². The molecule has 0 aliphatic heterocycles. The number of hydrogen-bond acceptors (Lipinski definition) is 1. The summed E-state index contributed by atoms with van der Waals surface area (Å²) in [6.07, 6.45) is 2.56. The van der Waals surface area contributed by atoms with Crippen LogP contribution in [0, 0.1) is 5.92 Å². The highest BCUT2D eigenvalue weighted by Crippen LogP contribution is 2.01. The first-order valence-corrected chi connectivity index (χ1v) is 3.89. The van der Waals surface area contributed by atoms with Crippen LogP contribution in [-0.4, -0.2) is 5.21 Å². The minimum absolute atomic E-state index is 0.579. The summed E-state index contributed by atoms with van der Waals surface area (Å²) in [6.45, 7) is 4.26. The zero-order valence-electron chi connectivity index (χ0n) is 6.99. The molecule has 0 atom stereocenters. The van der Waals surface area contributed by atoms with Crippen LogP contribution < -0.4 is 4.73 Å². The topological polar surface area (TPSA) is 24.1 Å². The first-order chi connectivity index (χ1) is 5.20. The Hall–Kier alpha value is -1.05. The van der Waals surface area contributed by atoms with E-state index in [0.717, 1.165) is 12.1 Å². The highest BCUT2D eigenvalue weighted by atomic mass is 16.5. The van der Waals surface area contributed by atoms with Crippen LogP contribution in [0.5, 0.6) is 0 Å². The van der Waals surface area contributed by atoms with E-state index in [9.17, 15) is 5.21 Å². The molecule has 0 saturated carbocycles. The quantitative estimate of drug-likeness (QED) is 0.503. The predicted molar refractivity (Wildman–Crippen MR) is 42.4 cm³/mol. The smallest absolute Gasteiger partial charge is 0.234 e. The fourth-order valence-corrected chi connectivity index (χ4v) is 1.05. The van der Waals surface area contributed by atoms with Gasteiger partial charge in [0.25, 0.3) is 0 Å². The first kappa shape index (κ1) is 8.05. The monoisotopic (exact) mass is 152 g/mol. The second-order valence-electron chi connectivity index (χ2n) is 3.13. The largest absolute Gasteiger partial charge is 0.285 e. The van der Waals surface area contributed by atoms with Gasteiger partial charge in [0, 0.05) is 23.3 Å². The molecule has 1 aromatic heterocycles. The maximum atomic E-state index is 9.28. The van der Waals surface area contributed by atoms with Crippen molar-refractivity contribution in [3.63, 3.8) is 0 Å². The molecule has 0 radical (unpaired) electrons. The van der Waals surface area contributed by atoms with Gasteiger partial charge in [-0.25, -0.2) is 0 Å². The van der Waals surface area contributed by atoms with Crippen LogP contribution in [0.4, 0.5) is 0 Å². The zero-order chi connectivity index (χ0) is 8.27. The molecular formula is C9H14NO+. The SMILES string of the molecule is CC(C)Cc1cccc[n+]1O. The van der Waals surface area contributed by atoms with Gasteiger partial charge >= 0.3 is 0 Å². The van der Waals surface area contributed by atoms with E-state index in [1.807, 2.05) is 18.2 Å². The van der Waals surface area contributed by atoms with Crippen LogP contribution in [0.25, 0.3) is 0 Å². The van der Waals surface area contributed by atoms with E-state index >= 15 is 0 Å². The molecular weight excluding hydrogens is 138 g/mol. The highest BCUT2D eigenvalue weighted by Gasteiger charge is 2.08. The Bertz CT molecular complexity index is 233. The average molecular weight is 152 g/mol. The Morgan fingerprint density at radius 2 is 2.18 bits per heavy atom. The number of rotatable bonds is 2. The molecule has 2 heteroatoms. The molecule has 0 aromatic carbocycles. The standard InChI is InChI=1S/C9H14NO/c1-8(2)7-9-5-3-4-6-10(9)11/h3-6,8,11H,7H2,1-2H3/q+1. The van der Waals surface area contributed by atoms with E-state index in [2.05, 4.69) is 13.8 Å². The number of nitrogens with zero attached hydrogens (tertiary/aromatic N) is 1. The van der Waals surface area contributed by atoms with E-state index in [-0.39, 0.29) is 0 Å². The van der Waals surface area contributed by atoms with E-state index in [4.69, 9.17) is 0 Å². The molecule has 2 nitrogen and oxygen atoms in total. The Morgan fingerprint density at radius 1 is 1.45 bits per heavy atom. The molecule has 0 amide bonds. The molecule has 1 heterocycles. The van der Waals surface area contributed by atoms with Gasteiger partial charge in [-0.05, 0) is 12.0 Å². The third-order valence-electron chi connectivity index (χ3n) is 1.54. The molecule has 0 spiro atoms. The molecule has 0 bridgehead atoms. The summed E-state index contributed by atoms with van der Waals surface area (Å²) in [5.74, 6) is 0.579. The molecule has 0 saturated heterocycles. The van der Waals surface area contributed by atoms with Gasteiger partial charge in [-0.3, -0.25) is 5.21 Å². The Balaban J connectivity index is 2.78. The minimum Gasteiger partial charge on any atom is -0.285 e. The van der Waals surface area contributed by atoms with Gasteiger partial charge in [0.2, 0.25) is 11.9 Å². The fourth-order valence-electron chi connectivity index (χ4n) is 1.05. The van der Waals surface area contributed by atoms with Crippen LogP contribution in [0.2, 0.25) is 0 Å². The summed E-state index contributed by atoms with van der Waals surface area (Å²) in [4.78, 5) is 0. The van der Waals surface area contributed by atoms with Gasteiger partial charge in [0.05, 0.1) is 0 Å². The zero-order valence-corrected chi connectivity index (χ0v) is 6.99. The van der Waals surface area contributed by atoms with Crippen molar-refractivity contribution in [1.29, 1.82) is 0 Å². The molecule has 1 aromatic rings. The third kappa shape index (κ3) is 2.22. The third-order valence-corrected chi connectivity index (χ3v) is 1.54. The lowest BCUT2D eigenvalue weighted by Gasteiger charge is -1.98. The molecule has 1 rings (SSSR count). The van der Waals surface area contributed by atoms with Gasteiger partial charge in [-0.1, -0.05) is 13.8 Å². The summed E-state index contributed by atoms with van der Waals surface area (Å²) in [6, 6.07) is 5.67. The molecule has 1 N–H and O–H groups in total. The van der Waals surface area contributed by atoms with Crippen LogP contribution in [0.1, 0.15) is 19.5 Å². The second-order valence-corrected chi connectivity index (χ2v) is 3.13. The van der Waals surface area contributed by atoms with Gasteiger partial charge in [0.1, 0.15) is 0 Å². The van der Waals surface area contributed by atoms with E-state index in [1.54, 1.807) is 6.20 Å². The molecule has 0 unspecified atom stereocenters. The normalized spacial score (nSPS) is 10.5. The van der Waals surface area contributed by atoms with Gasteiger partial charge in [-0.2, -0.15) is 0 Å². The van der Waals surface area contributed by atoms with E-state index in [0.29, 0.717) is 5.92 Å². The van der Waals surface area contributed by atoms with Gasteiger partial charge in [0.15, 0.2) is 0 Å². The maximum Gasteiger partial charge on any atom is 0.234 e. The summed E-state index contributed by atoms with van der Waals surface area (Å²) < 4.78 is 1.18. The number of aromatic nitrogens is 1. The Labute approximate surface area is 67.1 Å². The van der Waals surface area contributed by atoms with Crippen LogP contribution >= 0.6 is 0 Å². The lowest BCUT2D eigenvalue weighted by Crippen LogP contribution is -2.35. The van der Waals surface area contributed by atoms with Gasteiger partial charge in [-0.15, -0.1) is 0 Å². The summed E-state index contributed by atoms with van der Waals surface area (Å²) >= 11 is 0. The fraction of sp³-hybridized carbons (Fsp3) is 0.444. The highest BCUT2D eigenvalue weighted by molar-refractivity contribution is 4.97. The van der Waals surface area contributed by atoms with Crippen molar-refractivity contribution in [1.82, 2.24) is 0 Å². The molecule has 0 aliphatic rings. The van der Waals surface area contributed by atoms with E-state index < -0.39 is 0 Å². The first-order valence-electron chi connectivity index (χ1n) is 3.89. The predicted octanol–water partition coefficient (Wildman–Crippen LogP) is 1.41. The van der Waals surface area contributed by atoms with E-state index in [1.165, 1.54) is 4.73 Å². The summed E-state index contributed by atoms with van der Waals surface area (Å²) in [5, 5.41) is 9.28. The second kappa shape index (κ2) is 3.37. The molecule has 0 aliphatic carbocycles. The summed E-state index contributed by atoms with van der Waals surface area (Å²) in [5.41, 5.74) is 0.961. The molecule has 0 fully saturated rings. The van der Waals surface area contributed by atoms with Crippen molar-refractivity contribution in [3.05, 3.63) is 30.1 Å². The maximum absolute atomic E-state index is 9.28. The van der Waals surface area contributed by atoms with Crippen molar-refractivity contribution in [2.75, 3.05) is 0 Å². The lowest BCUT2D eigenvalue weighted by molar-refractivity contribution is -0.909. The van der Waals surface area contributed by atoms with Crippen molar-refractivity contribution in [2.45, 2.75) is 20.3 Å². The van der Waals surface area contributed by atoms with Crippen molar-refractivity contribution < 1.29 is 9.94 Å². The molecule has 11 heavy (non-hydrogen) atoms. The van der Waals surface area contributed by atoms with Crippen molar-refractivity contribution in [3.8, 4) is 0 Å². The van der Waals surface area contributed by atoms with Gasteiger partial charge < -0.3 is 0 Å². The van der Waals surface area contributed by atoms with Crippen molar-refractivity contribution in [2.24, 2.45) is 5.92 Å². The number of pyridine rings is 1. The van der Waals surface area contributed by atoms with Crippen molar-refractivity contribution >= 4 is 0 Å². The summed E-state index contributed by atoms with van der Waals surface area (Å²) in [7, 11) is 0.